The number of aryl methyl sites for hydroxylation is 1. The normalized spacial score (nSPS) is 10.3. The maximum Gasteiger partial charge on any atom is 0.133 e. The van der Waals surface area contributed by atoms with Crippen LogP contribution in [0.3, 0.4) is 0 Å². The van der Waals surface area contributed by atoms with E-state index >= 15 is 0 Å². The van der Waals surface area contributed by atoms with Crippen LogP contribution in [-0.4, -0.2) is 0 Å². The number of benzene rings is 2. The van der Waals surface area contributed by atoms with E-state index in [0.29, 0.717) is 17.3 Å². The molecule has 2 nitrogen and oxygen atoms in total. The van der Waals surface area contributed by atoms with Gasteiger partial charge in [-0.1, -0.05) is 35.9 Å². The second-order valence-corrected chi connectivity index (χ2v) is 4.20. The minimum atomic E-state index is 0.362. The Bertz CT molecular complexity index is 525. The summed E-state index contributed by atoms with van der Waals surface area (Å²) in [7, 11) is 0. The third-order valence-corrected chi connectivity index (χ3v) is 2.95. The molecule has 0 saturated carbocycles. The van der Waals surface area contributed by atoms with Crippen LogP contribution in [0.4, 0.5) is 0 Å². The molecule has 0 aromatic heterocycles. The highest BCUT2D eigenvalue weighted by Crippen LogP contribution is 2.31. The van der Waals surface area contributed by atoms with Crippen LogP contribution in [0.2, 0.25) is 5.02 Å². The SMILES string of the molecule is Cc1ccccc1Oc1cccc(Cl)c1CN. The molecule has 2 aromatic rings. The van der Waals surface area contributed by atoms with Crippen molar-refractivity contribution in [1.82, 2.24) is 0 Å². The van der Waals surface area contributed by atoms with Gasteiger partial charge in [0.25, 0.3) is 0 Å². The number of halogens is 1. The van der Waals surface area contributed by atoms with E-state index in [1.807, 2.05) is 49.4 Å². The van der Waals surface area contributed by atoms with E-state index in [1.54, 1.807) is 0 Å². The number of ether oxygens (including phenoxy) is 1. The molecule has 88 valence electrons. The molecule has 0 amide bonds. The lowest BCUT2D eigenvalue weighted by Gasteiger charge is -2.12. The zero-order chi connectivity index (χ0) is 12.3. The highest BCUT2D eigenvalue weighted by molar-refractivity contribution is 6.31. The fourth-order valence-electron chi connectivity index (χ4n) is 1.62. The van der Waals surface area contributed by atoms with E-state index in [-0.39, 0.29) is 0 Å². The Morgan fingerprint density at radius 1 is 1.06 bits per heavy atom. The first-order valence-corrected chi connectivity index (χ1v) is 5.81. The van der Waals surface area contributed by atoms with E-state index in [0.717, 1.165) is 16.9 Å². The average molecular weight is 248 g/mol. The molecule has 0 heterocycles. The summed E-state index contributed by atoms with van der Waals surface area (Å²) < 4.78 is 5.85. The first-order chi connectivity index (χ1) is 8.22. The predicted octanol–water partition coefficient (Wildman–Crippen LogP) is 3.90. The van der Waals surface area contributed by atoms with Gasteiger partial charge in [0.05, 0.1) is 0 Å². The molecule has 3 heteroatoms. The molecule has 0 spiro atoms. The number of rotatable bonds is 3. The van der Waals surface area contributed by atoms with Gasteiger partial charge < -0.3 is 10.5 Å². The molecule has 0 aliphatic heterocycles. The lowest BCUT2D eigenvalue weighted by atomic mass is 10.2. The van der Waals surface area contributed by atoms with Gasteiger partial charge in [-0.05, 0) is 30.7 Å². The summed E-state index contributed by atoms with van der Waals surface area (Å²) >= 11 is 6.08. The summed E-state index contributed by atoms with van der Waals surface area (Å²) in [6, 6.07) is 13.4. The largest absolute Gasteiger partial charge is 0.457 e. The van der Waals surface area contributed by atoms with Crippen LogP contribution in [0.5, 0.6) is 11.5 Å². The standard InChI is InChI=1S/C14H14ClNO/c1-10-5-2-3-7-13(10)17-14-8-4-6-12(15)11(14)9-16/h2-8H,9,16H2,1H3. The van der Waals surface area contributed by atoms with E-state index in [9.17, 15) is 0 Å². The summed E-state index contributed by atoms with van der Waals surface area (Å²) in [5.41, 5.74) is 7.59. The zero-order valence-electron chi connectivity index (χ0n) is 9.61. The van der Waals surface area contributed by atoms with E-state index in [2.05, 4.69) is 0 Å². The van der Waals surface area contributed by atoms with Crippen LogP contribution in [0.1, 0.15) is 11.1 Å². The number of hydrogen-bond acceptors (Lipinski definition) is 2. The van der Waals surface area contributed by atoms with Crippen molar-refractivity contribution in [2.75, 3.05) is 0 Å². The van der Waals surface area contributed by atoms with Crippen LogP contribution in [0, 0.1) is 6.92 Å². The molecular weight excluding hydrogens is 234 g/mol. The van der Waals surface area contributed by atoms with E-state index < -0.39 is 0 Å². The minimum absolute atomic E-state index is 0.362. The van der Waals surface area contributed by atoms with Gasteiger partial charge in [0, 0.05) is 17.1 Å². The van der Waals surface area contributed by atoms with Gasteiger partial charge in [0.15, 0.2) is 0 Å². The molecule has 0 unspecified atom stereocenters. The van der Waals surface area contributed by atoms with Crippen molar-refractivity contribution in [3.8, 4) is 11.5 Å². The van der Waals surface area contributed by atoms with Gasteiger partial charge >= 0.3 is 0 Å². The Labute approximate surface area is 106 Å². The molecule has 0 saturated heterocycles. The van der Waals surface area contributed by atoms with Crippen molar-refractivity contribution in [3.05, 3.63) is 58.6 Å². The Balaban J connectivity index is 2.37. The second-order valence-electron chi connectivity index (χ2n) is 3.79. The maximum atomic E-state index is 6.08. The smallest absolute Gasteiger partial charge is 0.133 e. The van der Waals surface area contributed by atoms with Crippen LogP contribution < -0.4 is 10.5 Å². The third-order valence-electron chi connectivity index (χ3n) is 2.59. The fraction of sp³-hybridized carbons (Fsp3) is 0.143. The molecule has 2 N–H and O–H groups in total. The number of hydrogen-bond donors (Lipinski definition) is 1. The Morgan fingerprint density at radius 2 is 1.76 bits per heavy atom. The summed E-state index contributed by atoms with van der Waals surface area (Å²) in [5, 5.41) is 0.638. The topological polar surface area (TPSA) is 35.2 Å². The minimum Gasteiger partial charge on any atom is -0.457 e. The Morgan fingerprint density at radius 3 is 2.47 bits per heavy atom. The molecule has 0 bridgehead atoms. The summed E-state index contributed by atoms with van der Waals surface area (Å²) in [6.45, 7) is 2.36. The predicted molar refractivity (Wildman–Crippen MR) is 70.6 cm³/mol. The van der Waals surface area contributed by atoms with Gasteiger partial charge in [-0.2, -0.15) is 0 Å². The van der Waals surface area contributed by atoms with Crippen molar-refractivity contribution >= 4 is 11.6 Å². The van der Waals surface area contributed by atoms with Crippen molar-refractivity contribution in [2.24, 2.45) is 5.73 Å². The molecule has 2 aromatic carbocycles. The zero-order valence-corrected chi connectivity index (χ0v) is 10.4. The molecule has 2 rings (SSSR count). The number of nitrogens with two attached hydrogens (primary N) is 1. The summed E-state index contributed by atoms with van der Waals surface area (Å²) in [6.07, 6.45) is 0. The van der Waals surface area contributed by atoms with Crippen molar-refractivity contribution in [3.63, 3.8) is 0 Å². The van der Waals surface area contributed by atoms with Crippen molar-refractivity contribution in [1.29, 1.82) is 0 Å². The molecule has 17 heavy (non-hydrogen) atoms. The van der Waals surface area contributed by atoms with Crippen molar-refractivity contribution < 1.29 is 4.74 Å². The van der Waals surface area contributed by atoms with Gasteiger partial charge in [-0.3, -0.25) is 0 Å². The fourth-order valence-corrected chi connectivity index (χ4v) is 1.87. The first kappa shape index (κ1) is 12.0. The number of para-hydroxylation sites is 1. The van der Waals surface area contributed by atoms with Gasteiger partial charge in [-0.15, -0.1) is 0 Å². The summed E-state index contributed by atoms with van der Waals surface area (Å²) in [4.78, 5) is 0. The molecule has 0 radical (unpaired) electrons. The monoisotopic (exact) mass is 247 g/mol. The molecule has 0 fully saturated rings. The Hall–Kier alpha value is -1.51. The van der Waals surface area contributed by atoms with Crippen molar-refractivity contribution in [2.45, 2.75) is 13.5 Å². The summed E-state index contributed by atoms with van der Waals surface area (Å²) in [5.74, 6) is 1.54. The lowest BCUT2D eigenvalue weighted by molar-refractivity contribution is 0.473. The highest BCUT2D eigenvalue weighted by atomic mass is 35.5. The molecule has 0 atom stereocenters. The highest BCUT2D eigenvalue weighted by Gasteiger charge is 2.08. The molecule has 0 aliphatic rings. The Kier molecular flexibility index (Phi) is 3.67. The van der Waals surface area contributed by atoms with Crippen LogP contribution in [0.15, 0.2) is 42.5 Å². The van der Waals surface area contributed by atoms with E-state index in [4.69, 9.17) is 22.1 Å². The molecular formula is C14H14ClNO. The lowest BCUT2D eigenvalue weighted by Crippen LogP contribution is -2.00. The first-order valence-electron chi connectivity index (χ1n) is 5.43. The van der Waals surface area contributed by atoms with Crippen LogP contribution in [-0.2, 0) is 6.54 Å². The van der Waals surface area contributed by atoms with E-state index in [1.165, 1.54) is 0 Å². The van der Waals surface area contributed by atoms with Crippen LogP contribution in [0.25, 0.3) is 0 Å². The van der Waals surface area contributed by atoms with Gasteiger partial charge in [-0.25, -0.2) is 0 Å². The average Bonchev–Trinajstić information content (AvgIpc) is 2.32. The van der Waals surface area contributed by atoms with Gasteiger partial charge in [0.1, 0.15) is 11.5 Å². The quantitative estimate of drug-likeness (QED) is 0.893. The molecule has 0 aliphatic carbocycles. The second kappa shape index (κ2) is 5.21. The third kappa shape index (κ3) is 2.60. The maximum absolute atomic E-state index is 6.08. The van der Waals surface area contributed by atoms with Gasteiger partial charge in [0.2, 0.25) is 0 Å². The van der Waals surface area contributed by atoms with Crippen LogP contribution >= 0.6 is 11.6 Å².